The van der Waals surface area contributed by atoms with Crippen LogP contribution in [0.4, 0.5) is 4.79 Å². The lowest BCUT2D eigenvalue weighted by atomic mass is 10.2. The number of aromatic nitrogens is 2. The van der Waals surface area contributed by atoms with Gasteiger partial charge in [-0.05, 0) is 24.5 Å². The second-order valence-corrected chi connectivity index (χ2v) is 7.39. The molecule has 0 spiro atoms. The Morgan fingerprint density at radius 3 is 2.79 bits per heavy atom. The Morgan fingerprint density at radius 1 is 1.29 bits per heavy atom. The molecule has 2 bridgehead atoms. The highest BCUT2D eigenvalue weighted by molar-refractivity contribution is 7.09. The zero-order valence-corrected chi connectivity index (χ0v) is 14.3. The Balaban J connectivity index is 1.33. The van der Waals surface area contributed by atoms with Gasteiger partial charge in [0, 0.05) is 55.7 Å². The summed E-state index contributed by atoms with van der Waals surface area (Å²) in [5, 5.41) is 6.21. The third-order valence-electron chi connectivity index (χ3n) is 4.89. The van der Waals surface area contributed by atoms with Crippen molar-refractivity contribution in [2.24, 2.45) is 0 Å². The number of nitrogens with zero attached hydrogens (tertiary/aromatic N) is 4. The minimum absolute atomic E-state index is 0.0321. The standard InChI is InChI=1S/C17H21N5OS/c23-17(20-9-13-2-1-5-18-8-13)21-10-14-3-4-15(11-21)22(14)12-16-19-6-7-24-16/h1-2,5-8,14-15H,3-4,9-12H2,(H,20,23). The summed E-state index contributed by atoms with van der Waals surface area (Å²) in [6.07, 6.45) is 7.73. The highest BCUT2D eigenvalue weighted by atomic mass is 32.1. The van der Waals surface area contributed by atoms with Gasteiger partial charge in [0.2, 0.25) is 0 Å². The molecule has 4 heterocycles. The van der Waals surface area contributed by atoms with Crippen molar-refractivity contribution in [3.05, 3.63) is 46.7 Å². The quantitative estimate of drug-likeness (QED) is 0.923. The SMILES string of the molecule is O=C(NCc1cccnc1)N1CC2CCC(C1)N2Cc1nccs1. The van der Waals surface area contributed by atoms with Crippen molar-refractivity contribution in [3.8, 4) is 0 Å². The van der Waals surface area contributed by atoms with Crippen LogP contribution in [-0.4, -0.2) is 51.0 Å². The molecular formula is C17H21N5OS. The van der Waals surface area contributed by atoms with E-state index in [0.29, 0.717) is 18.6 Å². The molecule has 2 aliphatic rings. The maximum absolute atomic E-state index is 12.5. The fraction of sp³-hybridized carbons (Fsp3) is 0.471. The van der Waals surface area contributed by atoms with Gasteiger partial charge in [0.25, 0.3) is 0 Å². The van der Waals surface area contributed by atoms with E-state index in [-0.39, 0.29) is 6.03 Å². The number of carbonyl (C=O) groups is 1. The van der Waals surface area contributed by atoms with Crippen LogP contribution in [0.2, 0.25) is 0 Å². The largest absolute Gasteiger partial charge is 0.334 e. The maximum atomic E-state index is 12.5. The fourth-order valence-electron chi connectivity index (χ4n) is 3.69. The molecule has 0 aliphatic carbocycles. The van der Waals surface area contributed by atoms with Crippen LogP contribution in [0.25, 0.3) is 0 Å². The van der Waals surface area contributed by atoms with E-state index in [1.54, 1.807) is 23.7 Å². The lowest BCUT2D eigenvalue weighted by Crippen LogP contribution is -2.56. The molecule has 7 heteroatoms. The van der Waals surface area contributed by atoms with Crippen molar-refractivity contribution < 1.29 is 4.79 Å². The number of carbonyl (C=O) groups excluding carboxylic acids is 1. The van der Waals surface area contributed by atoms with Gasteiger partial charge >= 0.3 is 6.03 Å². The summed E-state index contributed by atoms with van der Waals surface area (Å²) in [5.41, 5.74) is 1.02. The van der Waals surface area contributed by atoms with Gasteiger partial charge in [0.1, 0.15) is 5.01 Å². The van der Waals surface area contributed by atoms with E-state index in [1.807, 2.05) is 28.6 Å². The molecule has 126 valence electrons. The Bertz CT molecular complexity index is 664. The molecule has 0 radical (unpaired) electrons. The summed E-state index contributed by atoms with van der Waals surface area (Å²) in [5.74, 6) is 0. The van der Waals surface area contributed by atoms with Crippen molar-refractivity contribution >= 4 is 17.4 Å². The minimum Gasteiger partial charge on any atom is -0.334 e. The Kier molecular flexibility index (Phi) is 4.44. The van der Waals surface area contributed by atoms with Gasteiger partial charge in [0.15, 0.2) is 0 Å². The minimum atomic E-state index is 0.0321. The zero-order chi connectivity index (χ0) is 16.4. The van der Waals surface area contributed by atoms with Crippen molar-refractivity contribution in [2.75, 3.05) is 13.1 Å². The number of thiazole rings is 1. The summed E-state index contributed by atoms with van der Waals surface area (Å²) in [6, 6.07) is 4.81. The molecule has 2 saturated heterocycles. The smallest absolute Gasteiger partial charge is 0.317 e. The summed E-state index contributed by atoms with van der Waals surface area (Å²) in [6.45, 7) is 3.06. The van der Waals surface area contributed by atoms with Crippen LogP contribution in [0.3, 0.4) is 0 Å². The first-order chi connectivity index (χ1) is 11.8. The normalized spacial score (nSPS) is 23.4. The van der Waals surface area contributed by atoms with E-state index >= 15 is 0 Å². The second kappa shape index (κ2) is 6.86. The van der Waals surface area contributed by atoms with Crippen LogP contribution >= 0.6 is 11.3 Å². The Labute approximate surface area is 145 Å². The van der Waals surface area contributed by atoms with Gasteiger partial charge in [-0.25, -0.2) is 9.78 Å². The first kappa shape index (κ1) is 15.5. The molecule has 2 atom stereocenters. The molecule has 1 N–H and O–H groups in total. The van der Waals surface area contributed by atoms with E-state index in [9.17, 15) is 4.79 Å². The van der Waals surface area contributed by atoms with Crippen molar-refractivity contribution in [2.45, 2.75) is 38.0 Å². The first-order valence-electron chi connectivity index (χ1n) is 8.35. The maximum Gasteiger partial charge on any atom is 0.317 e. The van der Waals surface area contributed by atoms with Crippen molar-refractivity contribution in [1.29, 1.82) is 0 Å². The van der Waals surface area contributed by atoms with E-state index in [2.05, 4.69) is 20.2 Å². The summed E-state index contributed by atoms with van der Waals surface area (Å²) >= 11 is 1.71. The number of likely N-dealkylation sites (tertiary alicyclic amines) is 1. The Morgan fingerprint density at radius 2 is 2.12 bits per heavy atom. The van der Waals surface area contributed by atoms with Crippen LogP contribution in [0.1, 0.15) is 23.4 Å². The molecular weight excluding hydrogens is 322 g/mol. The van der Waals surface area contributed by atoms with Crippen LogP contribution in [0.5, 0.6) is 0 Å². The highest BCUT2D eigenvalue weighted by Gasteiger charge is 2.41. The molecule has 2 amide bonds. The van der Waals surface area contributed by atoms with Gasteiger partial charge in [0.05, 0.1) is 6.54 Å². The molecule has 2 aromatic heterocycles. The van der Waals surface area contributed by atoms with Gasteiger partial charge in [-0.3, -0.25) is 9.88 Å². The molecule has 24 heavy (non-hydrogen) atoms. The number of hydrogen-bond acceptors (Lipinski definition) is 5. The number of fused-ring (bicyclic) bond motifs is 2. The first-order valence-corrected chi connectivity index (χ1v) is 9.23. The predicted octanol–water partition coefficient (Wildman–Crippen LogP) is 2.10. The molecule has 2 aliphatic heterocycles. The number of rotatable bonds is 4. The van der Waals surface area contributed by atoms with Crippen molar-refractivity contribution in [1.82, 2.24) is 25.1 Å². The van der Waals surface area contributed by atoms with Gasteiger partial charge in [-0.1, -0.05) is 6.07 Å². The number of amides is 2. The topological polar surface area (TPSA) is 61.4 Å². The number of piperazine rings is 1. The monoisotopic (exact) mass is 343 g/mol. The lowest BCUT2D eigenvalue weighted by molar-refractivity contribution is 0.0767. The molecule has 2 aromatic rings. The summed E-state index contributed by atoms with van der Waals surface area (Å²) < 4.78 is 0. The van der Waals surface area contributed by atoms with Gasteiger partial charge < -0.3 is 10.2 Å². The summed E-state index contributed by atoms with van der Waals surface area (Å²) in [4.78, 5) is 25.5. The number of urea groups is 1. The predicted molar refractivity (Wildman–Crippen MR) is 92.5 cm³/mol. The average Bonchev–Trinajstić information content (AvgIpc) is 3.19. The van der Waals surface area contributed by atoms with Gasteiger partial charge in [-0.2, -0.15) is 0 Å². The van der Waals surface area contributed by atoms with E-state index in [1.165, 1.54) is 17.8 Å². The van der Waals surface area contributed by atoms with E-state index in [4.69, 9.17) is 0 Å². The number of nitrogens with one attached hydrogen (secondary N) is 1. The Hall–Kier alpha value is -1.99. The third kappa shape index (κ3) is 3.27. The van der Waals surface area contributed by atoms with Crippen LogP contribution in [0, 0.1) is 0 Å². The molecule has 4 rings (SSSR count). The highest BCUT2D eigenvalue weighted by Crippen LogP contribution is 2.31. The third-order valence-corrected chi connectivity index (χ3v) is 5.65. The van der Waals surface area contributed by atoms with Gasteiger partial charge in [-0.15, -0.1) is 11.3 Å². The van der Waals surface area contributed by atoms with Crippen LogP contribution in [0.15, 0.2) is 36.1 Å². The van der Waals surface area contributed by atoms with E-state index in [0.717, 1.165) is 25.2 Å². The van der Waals surface area contributed by atoms with Crippen LogP contribution < -0.4 is 5.32 Å². The molecule has 0 saturated carbocycles. The molecule has 2 fully saturated rings. The average molecular weight is 343 g/mol. The fourth-order valence-corrected chi connectivity index (χ4v) is 4.32. The summed E-state index contributed by atoms with van der Waals surface area (Å²) in [7, 11) is 0. The molecule has 6 nitrogen and oxygen atoms in total. The molecule has 2 unspecified atom stereocenters. The van der Waals surface area contributed by atoms with Crippen LogP contribution in [-0.2, 0) is 13.1 Å². The van der Waals surface area contributed by atoms with E-state index < -0.39 is 0 Å². The molecule has 0 aromatic carbocycles. The zero-order valence-electron chi connectivity index (χ0n) is 13.5. The number of pyridine rings is 1. The second-order valence-electron chi connectivity index (χ2n) is 6.41. The van der Waals surface area contributed by atoms with Crippen molar-refractivity contribution in [3.63, 3.8) is 0 Å². The lowest BCUT2D eigenvalue weighted by Gasteiger charge is -2.40. The number of hydrogen-bond donors (Lipinski definition) is 1.